The van der Waals surface area contributed by atoms with E-state index in [1.165, 1.54) is 23.3 Å². The summed E-state index contributed by atoms with van der Waals surface area (Å²) in [6.45, 7) is 0. The van der Waals surface area contributed by atoms with Crippen LogP contribution < -0.4 is 44.2 Å². The summed E-state index contributed by atoms with van der Waals surface area (Å²) in [5.41, 5.74) is 52.0. The summed E-state index contributed by atoms with van der Waals surface area (Å²) in [5.74, 6) is 1.01. The Labute approximate surface area is 751 Å². The van der Waals surface area contributed by atoms with Gasteiger partial charge >= 0.3 is 0 Å². The van der Waals surface area contributed by atoms with E-state index in [1.54, 1.807) is 48.5 Å². The molecule has 13 N–H and O–H groups in total. The van der Waals surface area contributed by atoms with Crippen molar-refractivity contribution in [3.8, 4) is 95.8 Å². The molecular formula is C104H85BrClFN16O5. The van der Waals surface area contributed by atoms with Crippen molar-refractivity contribution in [1.29, 1.82) is 0 Å². The Morgan fingerprint density at radius 2 is 0.547 bits per heavy atom. The summed E-state index contributed by atoms with van der Waals surface area (Å²) < 4.78 is 14.2. The molecular weight excluding hydrogens is 1690 g/mol. The van der Waals surface area contributed by atoms with Crippen LogP contribution in [-0.4, -0.2) is 68.6 Å². The molecule has 0 unspecified atom stereocenters. The molecule has 4 heterocycles. The first kappa shape index (κ1) is 84.7. The number of phenols is 1. The second-order valence-electron chi connectivity index (χ2n) is 31.4. The van der Waals surface area contributed by atoms with Gasteiger partial charge in [0.05, 0.1) is 71.2 Å². The highest BCUT2D eigenvalue weighted by molar-refractivity contribution is 9.10. The summed E-state index contributed by atoms with van der Waals surface area (Å²) in [5, 5.41) is 22.0. The van der Waals surface area contributed by atoms with Gasteiger partial charge in [0.1, 0.15) is 34.3 Å². The lowest BCUT2D eigenvalue weighted by Gasteiger charge is -2.21. The molecule has 4 amide bonds. The zero-order valence-corrected chi connectivity index (χ0v) is 71.6. The molecule has 632 valence electrons. The van der Waals surface area contributed by atoms with Crippen LogP contribution in [0.3, 0.4) is 0 Å². The minimum absolute atomic E-state index is 0.120. The third-order valence-electron chi connectivity index (χ3n) is 22.3. The largest absolute Gasteiger partial charge is 0.508 e. The number of halogens is 3. The maximum atomic E-state index is 13.2. The van der Waals surface area contributed by atoms with Gasteiger partial charge in [0.25, 0.3) is 0 Å². The maximum absolute atomic E-state index is 13.2. The molecule has 21 nitrogen and oxygen atoms in total. The molecule has 24 heteroatoms. The van der Waals surface area contributed by atoms with E-state index in [-0.39, 0.29) is 60.9 Å². The number of aromatic hydroxyl groups is 1. The number of fused-ring (bicyclic) bond motifs is 12. The third-order valence-corrected chi connectivity index (χ3v) is 23.1. The summed E-state index contributed by atoms with van der Waals surface area (Å²) in [7, 11) is 0. The van der Waals surface area contributed by atoms with Crippen LogP contribution in [0.2, 0.25) is 5.02 Å². The zero-order valence-electron chi connectivity index (χ0n) is 69.3. The SMILES string of the molecule is Nc1ccc2c(c1)CCc1nc(NC(=O)Cc3ccc(Br)cc3)c(-c3ccccc3)nc1-2.Nc1ccc2c(c1)CCc1nc(NC(=O)Cc3ccc(Cl)cc3)c(-c3ccccc3)nc1-2.Nc1ccc2c(c1)CCc1nc(NC(=O)Cc3ccc(F)cc3)c(-c3ccccc3)nc1-2.Nc1ccc2c(c1)CCc1nc(NC(=O)Cc3ccc(O)cc3)c(-c3ccccc3)nc1-2. The third kappa shape index (κ3) is 20.2. The number of aromatic nitrogens is 8. The van der Waals surface area contributed by atoms with Crippen molar-refractivity contribution in [2.75, 3.05) is 44.2 Å². The van der Waals surface area contributed by atoms with Crippen molar-refractivity contribution < 1.29 is 28.7 Å². The minimum Gasteiger partial charge on any atom is -0.508 e. The van der Waals surface area contributed by atoms with E-state index in [1.807, 2.05) is 231 Å². The monoisotopic (exact) mass is 1770 g/mol. The Balaban J connectivity index is 0.000000120. The van der Waals surface area contributed by atoms with Gasteiger partial charge in [-0.05, 0) is 193 Å². The molecule has 4 aromatic heterocycles. The van der Waals surface area contributed by atoms with Gasteiger partial charge in [-0.3, -0.25) is 19.2 Å². The fourth-order valence-corrected chi connectivity index (χ4v) is 16.5. The van der Waals surface area contributed by atoms with E-state index in [0.29, 0.717) is 57.5 Å². The van der Waals surface area contributed by atoms with Crippen molar-refractivity contribution in [1.82, 2.24) is 39.9 Å². The first-order valence-corrected chi connectivity index (χ1v) is 43.0. The van der Waals surface area contributed by atoms with Gasteiger partial charge in [-0.1, -0.05) is 222 Å². The van der Waals surface area contributed by atoms with Gasteiger partial charge < -0.3 is 49.3 Å². The Morgan fingerprint density at radius 3 is 0.812 bits per heavy atom. The quantitative estimate of drug-likeness (QED) is 0.0406. The Hall–Kier alpha value is -15.5. The van der Waals surface area contributed by atoms with Crippen molar-refractivity contribution in [2.45, 2.75) is 77.0 Å². The summed E-state index contributed by atoms with van der Waals surface area (Å²) in [6.07, 6.45) is 7.06. The lowest BCUT2D eigenvalue weighted by molar-refractivity contribution is -0.116. The van der Waals surface area contributed by atoms with E-state index in [0.717, 1.165) is 196 Å². The first-order valence-electron chi connectivity index (χ1n) is 41.9. The molecule has 0 atom stereocenters. The number of nitrogen functional groups attached to an aromatic ring is 4. The van der Waals surface area contributed by atoms with Gasteiger partial charge in [0, 0.05) is 76.8 Å². The molecule has 4 aliphatic carbocycles. The molecule has 16 aromatic rings. The van der Waals surface area contributed by atoms with Crippen LogP contribution in [0, 0.1) is 5.82 Å². The minimum atomic E-state index is -0.330. The van der Waals surface area contributed by atoms with Gasteiger partial charge in [0.15, 0.2) is 23.3 Å². The van der Waals surface area contributed by atoms with Crippen molar-refractivity contribution in [3.63, 3.8) is 0 Å². The number of hydrogen-bond acceptors (Lipinski definition) is 17. The summed E-state index contributed by atoms with van der Waals surface area (Å²) in [6, 6.07) is 90.0. The normalized spacial score (nSPS) is 12.0. The highest BCUT2D eigenvalue weighted by Gasteiger charge is 2.30. The fraction of sp³-hybridized carbons (Fsp3) is 0.115. The van der Waals surface area contributed by atoms with Crippen LogP contribution in [0.25, 0.3) is 90.1 Å². The highest BCUT2D eigenvalue weighted by atomic mass is 79.9. The fourth-order valence-electron chi connectivity index (χ4n) is 16.1. The van der Waals surface area contributed by atoms with Crippen molar-refractivity contribution in [3.05, 3.63) is 374 Å². The van der Waals surface area contributed by atoms with Crippen LogP contribution in [0.5, 0.6) is 5.75 Å². The molecule has 0 aliphatic heterocycles. The zero-order chi connectivity index (χ0) is 88.3. The Bertz CT molecular complexity index is 6040. The van der Waals surface area contributed by atoms with Gasteiger partial charge in [-0.15, -0.1) is 0 Å². The van der Waals surface area contributed by atoms with E-state index in [4.69, 9.17) is 74.4 Å². The number of nitrogens with one attached hydrogen (secondary N) is 4. The smallest absolute Gasteiger partial charge is 0.230 e. The van der Waals surface area contributed by atoms with E-state index in [9.17, 15) is 28.7 Å². The number of anilines is 8. The highest BCUT2D eigenvalue weighted by Crippen LogP contribution is 2.42. The number of phenolic OH excluding ortho intramolecular Hbond substituents is 1. The molecule has 0 saturated heterocycles. The van der Waals surface area contributed by atoms with Gasteiger partial charge in [0.2, 0.25) is 23.6 Å². The number of benzene rings is 12. The molecule has 0 bridgehead atoms. The Kier molecular flexibility index (Phi) is 25.4. The molecule has 128 heavy (non-hydrogen) atoms. The molecule has 4 aliphatic rings. The standard InChI is InChI=1S/C26H21BrN4O.C26H21ClN4O.C26H21FN4O.C26H22N4O2/c3*27-19-9-6-16(7-10-19)14-23(32)30-26-24(17-4-2-1-3-5-17)31-25-21-12-11-20(28)15-18(21)8-13-22(25)29-26;27-19-9-12-21-18(15-19)8-13-22-25(21)30-24(17-4-2-1-3-5-17)26(28-22)29-23(32)14-16-6-10-20(31)11-7-16/h3*1-7,9-12,15H,8,13-14,28H2,(H,29,30,32);1-7,9-12,15,31H,8,13-14,27H2,(H,28,29,32). The van der Waals surface area contributed by atoms with E-state index in [2.05, 4.69) is 37.2 Å². The lowest BCUT2D eigenvalue weighted by atomic mass is 9.91. The average molecular weight is 1770 g/mol. The van der Waals surface area contributed by atoms with Gasteiger partial charge in [-0.25, -0.2) is 44.3 Å². The van der Waals surface area contributed by atoms with E-state index >= 15 is 0 Å². The summed E-state index contributed by atoms with van der Waals surface area (Å²) in [4.78, 5) is 90.6. The summed E-state index contributed by atoms with van der Waals surface area (Å²) >= 11 is 9.38. The number of amides is 4. The molecule has 12 aromatic carbocycles. The second kappa shape index (κ2) is 38.3. The maximum Gasteiger partial charge on any atom is 0.230 e. The number of nitrogens with zero attached hydrogens (tertiary/aromatic N) is 8. The average Bonchev–Trinajstić information content (AvgIpc) is 0.778. The van der Waals surface area contributed by atoms with E-state index < -0.39 is 0 Å². The second-order valence-corrected chi connectivity index (χ2v) is 32.8. The predicted octanol–water partition coefficient (Wildman–Crippen LogP) is 20.0. The van der Waals surface area contributed by atoms with Crippen LogP contribution in [0.15, 0.2) is 296 Å². The van der Waals surface area contributed by atoms with Crippen molar-refractivity contribution >= 4 is 97.2 Å². The molecule has 0 saturated carbocycles. The molecule has 20 rings (SSSR count). The van der Waals surface area contributed by atoms with Crippen LogP contribution in [0.4, 0.5) is 50.4 Å². The Morgan fingerprint density at radius 1 is 0.305 bits per heavy atom. The predicted molar refractivity (Wildman–Crippen MR) is 508 cm³/mol. The van der Waals surface area contributed by atoms with Crippen molar-refractivity contribution in [2.24, 2.45) is 0 Å². The van der Waals surface area contributed by atoms with Crippen LogP contribution in [0.1, 0.15) is 67.3 Å². The number of hydrogen-bond donors (Lipinski definition) is 9. The van der Waals surface area contributed by atoms with Gasteiger partial charge in [-0.2, -0.15) is 0 Å². The van der Waals surface area contributed by atoms with Crippen LogP contribution >= 0.6 is 27.5 Å². The molecule has 0 spiro atoms. The first-order chi connectivity index (χ1) is 62.3. The number of aryl methyl sites for hydroxylation is 8. The molecule has 0 fully saturated rings. The van der Waals surface area contributed by atoms with Crippen LogP contribution in [-0.2, 0) is 96.2 Å². The number of nitrogens with two attached hydrogens (primary N) is 4. The molecule has 0 radical (unpaired) electrons. The lowest BCUT2D eigenvalue weighted by Crippen LogP contribution is -2.19. The number of rotatable bonds is 16. The topological polar surface area (TPSA) is 344 Å². The number of carbonyl (C=O) groups excluding carboxylic acids is 4. The number of carbonyl (C=O) groups is 4.